The molecule has 8 nitrogen and oxygen atoms in total. The summed E-state index contributed by atoms with van der Waals surface area (Å²) in [6.07, 6.45) is 0.688. The van der Waals surface area contributed by atoms with Gasteiger partial charge >= 0.3 is 0 Å². The summed E-state index contributed by atoms with van der Waals surface area (Å²) in [5.74, 6) is -1.21. The number of amides is 2. The summed E-state index contributed by atoms with van der Waals surface area (Å²) >= 11 is 12.4. The first-order valence-electron chi connectivity index (χ1n) is 12.4. The van der Waals surface area contributed by atoms with E-state index < -0.39 is 40.2 Å². The average molecular weight is 611 g/mol. The molecule has 0 bridgehead atoms. The third-order valence-corrected chi connectivity index (χ3v) is 8.49. The molecule has 0 saturated carbocycles. The van der Waals surface area contributed by atoms with E-state index in [1.54, 1.807) is 19.1 Å². The zero-order valence-electron chi connectivity index (χ0n) is 22.2. The molecule has 0 saturated heterocycles. The Bertz CT molecular complexity index is 1440. The van der Waals surface area contributed by atoms with E-state index in [1.165, 1.54) is 54.5 Å². The number of ether oxygens (including phenoxy) is 1. The van der Waals surface area contributed by atoms with Gasteiger partial charge in [0.2, 0.25) is 11.8 Å². The van der Waals surface area contributed by atoms with Crippen LogP contribution in [0.2, 0.25) is 10.0 Å². The molecule has 40 heavy (non-hydrogen) atoms. The van der Waals surface area contributed by atoms with Crippen molar-refractivity contribution >= 4 is 50.7 Å². The number of hydrogen-bond acceptors (Lipinski definition) is 5. The number of carbonyl (C=O) groups is 2. The Morgan fingerprint density at radius 2 is 1.68 bits per heavy atom. The van der Waals surface area contributed by atoms with Gasteiger partial charge in [0.1, 0.15) is 24.2 Å². The minimum Gasteiger partial charge on any atom is -0.497 e. The van der Waals surface area contributed by atoms with Gasteiger partial charge in [0.15, 0.2) is 0 Å². The molecule has 2 amide bonds. The molecule has 1 atom stereocenters. The maximum Gasteiger partial charge on any atom is 0.264 e. The first kappa shape index (κ1) is 31.2. The van der Waals surface area contributed by atoms with Crippen molar-refractivity contribution in [2.45, 2.75) is 37.8 Å². The van der Waals surface area contributed by atoms with E-state index in [0.717, 1.165) is 16.4 Å². The summed E-state index contributed by atoms with van der Waals surface area (Å²) in [5.41, 5.74) is 0.582. The number of rotatable bonds is 12. The number of nitrogens with zero attached hydrogens (tertiary/aromatic N) is 2. The Hall–Kier alpha value is -3.34. The number of sulfonamides is 1. The predicted molar refractivity (Wildman–Crippen MR) is 154 cm³/mol. The Morgan fingerprint density at radius 3 is 2.25 bits per heavy atom. The largest absolute Gasteiger partial charge is 0.497 e. The molecule has 3 rings (SSSR count). The van der Waals surface area contributed by atoms with E-state index in [0.29, 0.717) is 29.3 Å². The monoisotopic (exact) mass is 609 g/mol. The van der Waals surface area contributed by atoms with Crippen molar-refractivity contribution in [1.29, 1.82) is 0 Å². The lowest BCUT2D eigenvalue weighted by Crippen LogP contribution is -2.51. The van der Waals surface area contributed by atoms with Crippen LogP contribution in [-0.2, 0) is 26.2 Å². The lowest BCUT2D eigenvalue weighted by atomic mass is 10.1. The van der Waals surface area contributed by atoms with Gasteiger partial charge < -0.3 is 15.0 Å². The minimum absolute atomic E-state index is 0.0677. The van der Waals surface area contributed by atoms with Crippen molar-refractivity contribution in [2.75, 3.05) is 24.5 Å². The molecule has 0 spiro atoms. The molecular formula is C28H30Cl2FN3O5S. The van der Waals surface area contributed by atoms with Crippen LogP contribution in [-0.4, -0.2) is 51.4 Å². The summed E-state index contributed by atoms with van der Waals surface area (Å²) in [7, 11) is -2.85. The van der Waals surface area contributed by atoms with Crippen LogP contribution in [0.25, 0.3) is 0 Å². The summed E-state index contributed by atoms with van der Waals surface area (Å²) < 4.78 is 47.3. The summed E-state index contributed by atoms with van der Waals surface area (Å²) in [4.78, 5) is 27.9. The van der Waals surface area contributed by atoms with Gasteiger partial charge in [-0.1, -0.05) is 36.2 Å². The SMILES string of the molecule is CCCNC(=O)C(C)N(Cc1ccc(Cl)cc1Cl)C(=O)CN(c1ccc(F)cc1)S(=O)(=O)c1ccc(OC)cc1. The Kier molecular flexibility index (Phi) is 10.8. The van der Waals surface area contributed by atoms with Gasteiger partial charge in [-0.3, -0.25) is 13.9 Å². The van der Waals surface area contributed by atoms with E-state index in [-0.39, 0.29) is 22.2 Å². The minimum atomic E-state index is -4.30. The highest BCUT2D eigenvalue weighted by atomic mass is 35.5. The van der Waals surface area contributed by atoms with Crippen molar-refractivity contribution in [3.05, 3.63) is 88.2 Å². The van der Waals surface area contributed by atoms with Gasteiger partial charge in [-0.05, 0) is 79.6 Å². The third-order valence-electron chi connectivity index (χ3n) is 6.11. The average Bonchev–Trinajstić information content (AvgIpc) is 2.94. The molecule has 0 heterocycles. The molecule has 12 heteroatoms. The van der Waals surface area contributed by atoms with E-state index in [4.69, 9.17) is 27.9 Å². The number of carbonyl (C=O) groups excluding carboxylic acids is 2. The summed E-state index contributed by atoms with van der Waals surface area (Å²) in [6.45, 7) is 3.09. The fourth-order valence-electron chi connectivity index (χ4n) is 3.82. The zero-order chi connectivity index (χ0) is 29.4. The van der Waals surface area contributed by atoms with Crippen LogP contribution in [0, 0.1) is 5.82 Å². The molecule has 0 radical (unpaired) electrons. The van der Waals surface area contributed by atoms with Crippen LogP contribution in [0.4, 0.5) is 10.1 Å². The maximum atomic E-state index is 13.9. The van der Waals surface area contributed by atoms with Gasteiger partial charge in [0.05, 0.1) is 17.7 Å². The Balaban J connectivity index is 2.03. The van der Waals surface area contributed by atoms with Gasteiger partial charge in [-0.15, -0.1) is 0 Å². The van der Waals surface area contributed by atoms with Crippen molar-refractivity contribution in [1.82, 2.24) is 10.2 Å². The van der Waals surface area contributed by atoms with Crippen molar-refractivity contribution in [3.63, 3.8) is 0 Å². The van der Waals surface area contributed by atoms with Gasteiger partial charge in [0.25, 0.3) is 10.0 Å². The van der Waals surface area contributed by atoms with Gasteiger partial charge in [-0.2, -0.15) is 0 Å². The standard InChI is InChI=1S/C28H30Cl2FN3O5S/c1-4-15-32-28(36)19(2)33(17-20-5-6-21(29)16-26(20)30)27(35)18-34(23-9-7-22(31)8-10-23)40(37,38)25-13-11-24(39-3)12-14-25/h5-14,16,19H,4,15,17-18H2,1-3H3,(H,32,36). The van der Waals surface area contributed by atoms with Crippen LogP contribution < -0.4 is 14.4 Å². The highest BCUT2D eigenvalue weighted by molar-refractivity contribution is 7.92. The van der Waals surface area contributed by atoms with Crippen LogP contribution >= 0.6 is 23.2 Å². The fraction of sp³-hybridized carbons (Fsp3) is 0.286. The second kappa shape index (κ2) is 13.8. The van der Waals surface area contributed by atoms with Crippen LogP contribution in [0.15, 0.2) is 71.6 Å². The number of anilines is 1. The molecule has 0 aliphatic rings. The molecule has 0 aliphatic carbocycles. The highest BCUT2D eigenvalue weighted by Crippen LogP contribution is 2.27. The summed E-state index contributed by atoms with van der Waals surface area (Å²) in [5, 5.41) is 3.44. The molecular weight excluding hydrogens is 580 g/mol. The predicted octanol–water partition coefficient (Wildman–Crippen LogP) is 5.28. The van der Waals surface area contributed by atoms with Crippen molar-refractivity contribution in [3.8, 4) is 5.75 Å². The van der Waals surface area contributed by atoms with E-state index in [2.05, 4.69) is 5.32 Å². The normalized spacial score (nSPS) is 11.9. The first-order chi connectivity index (χ1) is 19.0. The third kappa shape index (κ3) is 7.65. The molecule has 0 fully saturated rings. The van der Waals surface area contributed by atoms with E-state index in [1.807, 2.05) is 6.92 Å². The van der Waals surface area contributed by atoms with Crippen LogP contribution in [0.5, 0.6) is 5.75 Å². The Labute approximate surface area is 243 Å². The molecule has 3 aromatic rings. The number of nitrogens with one attached hydrogen (secondary N) is 1. The van der Waals surface area contributed by atoms with Crippen molar-refractivity contribution in [2.24, 2.45) is 0 Å². The van der Waals surface area contributed by atoms with Gasteiger partial charge in [-0.25, -0.2) is 12.8 Å². The van der Waals surface area contributed by atoms with Crippen molar-refractivity contribution < 1.29 is 27.1 Å². The van der Waals surface area contributed by atoms with E-state index >= 15 is 0 Å². The molecule has 3 aromatic carbocycles. The number of halogens is 3. The number of hydrogen-bond donors (Lipinski definition) is 1. The van der Waals surface area contributed by atoms with Crippen LogP contribution in [0.3, 0.4) is 0 Å². The maximum absolute atomic E-state index is 13.9. The van der Waals surface area contributed by atoms with Gasteiger partial charge in [0, 0.05) is 23.1 Å². The molecule has 0 aliphatic heterocycles. The number of methoxy groups -OCH3 is 1. The topological polar surface area (TPSA) is 96.0 Å². The quantitative estimate of drug-likeness (QED) is 0.301. The molecule has 1 unspecified atom stereocenters. The lowest BCUT2D eigenvalue weighted by molar-refractivity contribution is -0.139. The second-order valence-electron chi connectivity index (χ2n) is 8.89. The van der Waals surface area contributed by atoms with Crippen LogP contribution in [0.1, 0.15) is 25.8 Å². The second-order valence-corrected chi connectivity index (χ2v) is 11.6. The Morgan fingerprint density at radius 1 is 1.02 bits per heavy atom. The zero-order valence-corrected chi connectivity index (χ0v) is 24.6. The lowest BCUT2D eigenvalue weighted by Gasteiger charge is -2.32. The summed E-state index contributed by atoms with van der Waals surface area (Å²) in [6, 6.07) is 14.2. The molecule has 0 aromatic heterocycles. The first-order valence-corrected chi connectivity index (χ1v) is 14.6. The smallest absolute Gasteiger partial charge is 0.264 e. The number of benzene rings is 3. The highest BCUT2D eigenvalue weighted by Gasteiger charge is 2.32. The van der Waals surface area contributed by atoms with E-state index in [9.17, 15) is 22.4 Å². The fourth-order valence-corrected chi connectivity index (χ4v) is 5.71. The molecule has 1 N–H and O–H groups in total. The molecule has 214 valence electrons.